The van der Waals surface area contributed by atoms with E-state index in [9.17, 15) is 9.59 Å². The molecule has 1 aliphatic carbocycles. The SMILES string of the molecule is O=C(Cc1c[nH]c2ccccc12)Nc1ccccc1C(=O)NC1CCCC1. The third-order valence-electron chi connectivity index (χ3n) is 5.16. The molecule has 1 aliphatic rings. The van der Waals surface area contributed by atoms with Crippen LogP contribution in [0.1, 0.15) is 41.6 Å². The van der Waals surface area contributed by atoms with Gasteiger partial charge in [0.05, 0.1) is 17.7 Å². The first-order valence-electron chi connectivity index (χ1n) is 9.45. The first kappa shape index (κ1) is 17.3. The van der Waals surface area contributed by atoms with Crippen LogP contribution in [0.4, 0.5) is 5.69 Å². The second kappa shape index (κ2) is 7.66. The van der Waals surface area contributed by atoms with Crippen molar-refractivity contribution in [3.63, 3.8) is 0 Å². The summed E-state index contributed by atoms with van der Waals surface area (Å²) in [5.74, 6) is -0.259. The van der Waals surface area contributed by atoms with Crippen LogP contribution in [0.3, 0.4) is 0 Å². The predicted octanol–water partition coefficient (Wildman–Crippen LogP) is 4.02. The zero-order chi connectivity index (χ0) is 18.6. The molecule has 0 radical (unpaired) electrons. The molecule has 0 aliphatic heterocycles. The van der Waals surface area contributed by atoms with E-state index < -0.39 is 0 Å². The zero-order valence-electron chi connectivity index (χ0n) is 15.1. The first-order valence-corrected chi connectivity index (χ1v) is 9.45. The van der Waals surface area contributed by atoms with Gasteiger partial charge in [-0.3, -0.25) is 9.59 Å². The summed E-state index contributed by atoms with van der Waals surface area (Å²) in [5.41, 5.74) is 3.02. The number of carbonyl (C=O) groups excluding carboxylic acids is 2. The lowest BCUT2D eigenvalue weighted by atomic mass is 10.1. The number of amides is 2. The van der Waals surface area contributed by atoms with Crippen LogP contribution in [0.2, 0.25) is 0 Å². The van der Waals surface area contributed by atoms with Gasteiger partial charge in [0.2, 0.25) is 5.91 Å². The lowest BCUT2D eigenvalue weighted by Gasteiger charge is -2.15. The molecule has 5 nitrogen and oxygen atoms in total. The minimum Gasteiger partial charge on any atom is -0.361 e. The van der Waals surface area contributed by atoms with Crippen molar-refractivity contribution in [3.8, 4) is 0 Å². The molecule has 138 valence electrons. The van der Waals surface area contributed by atoms with E-state index in [0.29, 0.717) is 11.3 Å². The summed E-state index contributed by atoms with van der Waals surface area (Å²) in [4.78, 5) is 28.4. The van der Waals surface area contributed by atoms with Crippen LogP contribution in [-0.2, 0) is 11.2 Å². The van der Waals surface area contributed by atoms with Crippen molar-refractivity contribution in [2.75, 3.05) is 5.32 Å². The van der Waals surface area contributed by atoms with Gasteiger partial charge >= 0.3 is 0 Å². The quantitative estimate of drug-likeness (QED) is 0.642. The third kappa shape index (κ3) is 3.87. The molecular weight excluding hydrogens is 338 g/mol. The molecule has 1 saturated carbocycles. The van der Waals surface area contributed by atoms with Gasteiger partial charge in [0.25, 0.3) is 5.91 Å². The molecule has 5 heteroatoms. The molecule has 3 N–H and O–H groups in total. The van der Waals surface area contributed by atoms with E-state index >= 15 is 0 Å². The van der Waals surface area contributed by atoms with Crippen LogP contribution >= 0.6 is 0 Å². The lowest BCUT2D eigenvalue weighted by Crippen LogP contribution is -2.33. The van der Waals surface area contributed by atoms with Gasteiger partial charge in [0.15, 0.2) is 0 Å². The number of fused-ring (bicyclic) bond motifs is 1. The molecule has 3 aromatic rings. The third-order valence-corrected chi connectivity index (χ3v) is 5.16. The Morgan fingerprint density at radius 1 is 1.00 bits per heavy atom. The van der Waals surface area contributed by atoms with E-state index in [4.69, 9.17) is 0 Å². The van der Waals surface area contributed by atoms with Crippen molar-refractivity contribution < 1.29 is 9.59 Å². The fraction of sp³-hybridized carbons (Fsp3) is 0.273. The van der Waals surface area contributed by atoms with E-state index in [-0.39, 0.29) is 24.3 Å². The van der Waals surface area contributed by atoms with Gasteiger partial charge in [0.1, 0.15) is 0 Å². The lowest BCUT2D eigenvalue weighted by molar-refractivity contribution is -0.115. The van der Waals surface area contributed by atoms with E-state index in [1.54, 1.807) is 12.1 Å². The van der Waals surface area contributed by atoms with Gasteiger partial charge in [-0.25, -0.2) is 0 Å². The molecule has 1 aromatic heterocycles. The Morgan fingerprint density at radius 2 is 1.74 bits per heavy atom. The maximum atomic E-state index is 12.6. The molecule has 0 saturated heterocycles. The fourth-order valence-electron chi connectivity index (χ4n) is 3.77. The number of benzene rings is 2. The number of para-hydroxylation sites is 2. The van der Waals surface area contributed by atoms with Crippen LogP contribution < -0.4 is 10.6 Å². The number of hydrogen-bond acceptors (Lipinski definition) is 2. The Morgan fingerprint density at radius 3 is 2.59 bits per heavy atom. The van der Waals surface area contributed by atoms with Crippen molar-refractivity contribution in [1.82, 2.24) is 10.3 Å². The second-order valence-corrected chi connectivity index (χ2v) is 7.08. The zero-order valence-corrected chi connectivity index (χ0v) is 15.1. The van der Waals surface area contributed by atoms with Crippen LogP contribution in [0.25, 0.3) is 10.9 Å². The molecular formula is C22H23N3O2. The van der Waals surface area contributed by atoms with E-state index in [2.05, 4.69) is 15.6 Å². The van der Waals surface area contributed by atoms with Gasteiger partial charge < -0.3 is 15.6 Å². The largest absolute Gasteiger partial charge is 0.361 e. The molecule has 2 amide bonds. The molecule has 0 unspecified atom stereocenters. The van der Waals surface area contributed by atoms with Gasteiger partial charge in [-0.1, -0.05) is 43.2 Å². The summed E-state index contributed by atoms with van der Waals surface area (Å²) in [5, 5.41) is 7.03. The van der Waals surface area contributed by atoms with Crippen molar-refractivity contribution in [2.45, 2.75) is 38.1 Å². The molecule has 0 atom stereocenters. The predicted molar refractivity (Wildman–Crippen MR) is 107 cm³/mol. The van der Waals surface area contributed by atoms with E-state index in [0.717, 1.165) is 42.1 Å². The number of nitrogens with one attached hydrogen (secondary N) is 3. The minimum atomic E-state index is -0.138. The van der Waals surface area contributed by atoms with E-state index in [1.165, 1.54) is 0 Å². The summed E-state index contributed by atoms with van der Waals surface area (Å²) in [6.07, 6.45) is 6.50. The van der Waals surface area contributed by atoms with Gasteiger partial charge in [-0.2, -0.15) is 0 Å². The summed E-state index contributed by atoms with van der Waals surface area (Å²) in [7, 11) is 0. The Labute approximate surface area is 158 Å². The molecule has 2 aromatic carbocycles. The molecule has 1 heterocycles. The first-order chi connectivity index (χ1) is 13.2. The highest BCUT2D eigenvalue weighted by atomic mass is 16.2. The average Bonchev–Trinajstić information content (AvgIpc) is 3.32. The molecule has 0 spiro atoms. The molecule has 1 fully saturated rings. The Hall–Kier alpha value is -3.08. The highest BCUT2D eigenvalue weighted by molar-refractivity contribution is 6.04. The normalized spacial score (nSPS) is 14.4. The summed E-state index contributed by atoms with van der Waals surface area (Å²) in [6, 6.07) is 15.3. The van der Waals surface area contributed by atoms with Crippen molar-refractivity contribution in [2.24, 2.45) is 0 Å². The summed E-state index contributed by atoms with van der Waals surface area (Å²) in [6.45, 7) is 0. The number of carbonyl (C=O) groups is 2. The standard InChI is InChI=1S/C22H23N3O2/c26-21(13-15-14-23-19-11-5-3-9-17(15)19)25-20-12-6-4-10-18(20)22(27)24-16-7-1-2-8-16/h3-6,9-12,14,16,23H,1-2,7-8,13H2,(H,24,27)(H,25,26). The Bertz CT molecular complexity index is 970. The molecule has 0 bridgehead atoms. The minimum absolute atomic E-state index is 0.120. The highest BCUT2D eigenvalue weighted by Gasteiger charge is 2.20. The van der Waals surface area contributed by atoms with Crippen LogP contribution in [0.15, 0.2) is 54.7 Å². The monoisotopic (exact) mass is 361 g/mol. The number of anilines is 1. The van der Waals surface area contributed by atoms with Crippen LogP contribution in [-0.4, -0.2) is 22.8 Å². The topological polar surface area (TPSA) is 74.0 Å². The maximum absolute atomic E-state index is 12.6. The van der Waals surface area contributed by atoms with Crippen LogP contribution in [0.5, 0.6) is 0 Å². The van der Waals surface area contributed by atoms with Gasteiger partial charge in [0, 0.05) is 23.1 Å². The Kier molecular flexibility index (Phi) is 4.92. The molecule has 4 rings (SSSR count). The smallest absolute Gasteiger partial charge is 0.253 e. The van der Waals surface area contributed by atoms with E-state index in [1.807, 2.05) is 42.6 Å². The fourth-order valence-corrected chi connectivity index (χ4v) is 3.77. The van der Waals surface area contributed by atoms with Crippen molar-refractivity contribution in [1.29, 1.82) is 0 Å². The Balaban J connectivity index is 1.47. The number of aromatic amines is 1. The number of rotatable bonds is 5. The summed E-state index contributed by atoms with van der Waals surface area (Å²) < 4.78 is 0. The van der Waals surface area contributed by atoms with Crippen molar-refractivity contribution >= 4 is 28.4 Å². The van der Waals surface area contributed by atoms with Gasteiger partial charge in [-0.15, -0.1) is 0 Å². The average molecular weight is 361 g/mol. The van der Waals surface area contributed by atoms with Crippen LogP contribution in [0, 0.1) is 0 Å². The molecule has 27 heavy (non-hydrogen) atoms. The highest BCUT2D eigenvalue weighted by Crippen LogP contribution is 2.22. The second-order valence-electron chi connectivity index (χ2n) is 7.08. The van der Waals surface area contributed by atoms with Gasteiger partial charge in [-0.05, 0) is 36.6 Å². The number of aromatic nitrogens is 1. The summed E-state index contributed by atoms with van der Waals surface area (Å²) >= 11 is 0. The number of H-pyrrole nitrogens is 1. The van der Waals surface area contributed by atoms with Crippen molar-refractivity contribution in [3.05, 3.63) is 65.9 Å². The maximum Gasteiger partial charge on any atom is 0.253 e. The number of hydrogen-bond donors (Lipinski definition) is 3.